The molecule has 0 saturated carbocycles. The van der Waals surface area contributed by atoms with E-state index in [1.807, 2.05) is 66.7 Å². The quantitative estimate of drug-likeness (QED) is 0.198. The van der Waals surface area contributed by atoms with Crippen molar-refractivity contribution in [1.29, 1.82) is 0 Å². The molecule has 6 aromatic carbocycles. The van der Waals surface area contributed by atoms with E-state index in [-0.39, 0.29) is 5.75 Å². The summed E-state index contributed by atoms with van der Waals surface area (Å²) < 4.78 is 22.0. The molecule has 5 heteroatoms. The Morgan fingerprint density at radius 1 is 0.372 bits per heavy atom. The Labute approximate surface area is 251 Å². The van der Waals surface area contributed by atoms with Gasteiger partial charge in [0.25, 0.3) is 0 Å². The van der Waals surface area contributed by atoms with Crippen LogP contribution in [0.15, 0.2) is 115 Å². The van der Waals surface area contributed by atoms with Crippen molar-refractivity contribution >= 4 is 10.8 Å². The molecule has 5 nitrogen and oxygen atoms in total. The van der Waals surface area contributed by atoms with E-state index in [2.05, 4.69) is 42.5 Å². The van der Waals surface area contributed by atoms with Crippen LogP contribution in [0, 0.1) is 0 Å². The lowest BCUT2D eigenvalue weighted by atomic mass is 9.78. The number of phenolic OH excluding ortho intramolecular Hbond substituents is 1. The van der Waals surface area contributed by atoms with Crippen molar-refractivity contribution in [2.24, 2.45) is 0 Å². The van der Waals surface area contributed by atoms with Crippen molar-refractivity contribution in [3.8, 4) is 73.3 Å². The van der Waals surface area contributed by atoms with Crippen LogP contribution in [0.2, 0.25) is 0 Å². The topological polar surface area (TPSA) is 57.2 Å². The standard InChI is InChI=1S/C38H32O5/c1-40-28-16-8-24(9-17-28)34-32-6-5-7-33(39)38(32)37(27-14-22-31(43-4)23-15-27)36(26-12-20-30(42-3)21-13-26)35(34)25-10-18-29(41-2)19-11-25/h5-23,39H,1-4H3. The molecule has 0 spiro atoms. The van der Waals surface area contributed by atoms with Crippen molar-refractivity contribution < 1.29 is 24.1 Å². The van der Waals surface area contributed by atoms with Crippen LogP contribution in [-0.4, -0.2) is 33.5 Å². The molecule has 1 N–H and O–H groups in total. The fourth-order valence-electron chi connectivity index (χ4n) is 5.72. The van der Waals surface area contributed by atoms with Crippen LogP contribution in [0.5, 0.6) is 28.7 Å². The average molecular weight is 569 g/mol. The minimum atomic E-state index is 0.203. The second-order valence-electron chi connectivity index (χ2n) is 10.1. The number of phenols is 1. The Morgan fingerprint density at radius 3 is 1.07 bits per heavy atom. The van der Waals surface area contributed by atoms with Crippen LogP contribution in [0.3, 0.4) is 0 Å². The second-order valence-corrected chi connectivity index (χ2v) is 10.1. The Balaban J connectivity index is 1.84. The number of fused-ring (bicyclic) bond motifs is 1. The zero-order chi connectivity index (χ0) is 29.9. The van der Waals surface area contributed by atoms with E-state index in [0.29, 0.717) is 0 Å². The van der Waals surface area contributed by atoms with Crippen LogP contribution in [0.4, 0.5) is 0 Å². The van der Waals surface area contributed by atoms with Crippen molar-refractivity contribution in [3.63, 3.8) is 0 Å². The van der Waals surface area contributed by atoms with E-state index in [4.69, 9.17) is 18.9 Å². The summed E-state index contributed by atoms with van der Waals surface area (Å²) in [5, 5.41) is 13.3. The molecule has 0 aliphatic heterocycles. The SMILES string of the molecule is COc1ccc(-c2c(-c3ccc(OC)cc3)c(-c3ccc(OC)cc3)c3c(O)cccc3c2-c2ccc(OC)cc2)cc1. The number of aromatic hydroxyl groups is 1. The Morgan fingerprint density at radius 2 is 0.698 bits per heavy atom. The van der Waals surface area contributed by atoms with Gasteiger partial charge in [-0.15, -0.1) is 0 Å². The minimum Gasteiger partial charge on any atom is -0.507 e. The third kappa shape index (κ3) is 5.10. The van der Waals surface area contributed by atoms with Gasteiger partial charge in [0, 0.05) is 10.9 Å². The van der Waals surface area contributed by atoms with E-state index < -0.39 is 0 Å². The molecule has 0 radical (unpaired) electrons. The summed E-state index contributed by atoms with van der Waals surface area (Å²) in [6.45, 7) is 0. The first-order valence-corrected chi connectivity index (χ1v) is 14.0. The van der Waals surface area contributed by atoms with E-state index in [1.54, 1.807) is 34.5 Å². The number of hydrogen-bond donors (Lipinski definition) is 1. The highest BCUT2D eigenvalue weighted by molar-refractivity contribution is 6.19. The fourth-order valence-corrected chi connectivity index (χ4v) is 5.72. The number of ether oxygens (including phenoxy) is 4. The molecule has 0 atom stereocenters. The summed E-state index contributed by atoms with van der Waals surface area (Å²) in [7, 11) is 6.65. The summed E-state index contributed by atoms with van der Waals surface area (Å²) >= 11 is 0. The monoisotopic (exact) mass is 568 g/mol. The zero-order valence-electron chi connectivity index (χ0n) is 24.5. The van der Waals surface area contributed by atoms with E-state index in [9.17, 15) is 5.11 Å². The Bertz CT molecular complexity index is 1870. The van der Waals surface area contributed by atoms with Crippen molar-refractivity contribution in [2.45, 2.75) is 0 Å². The van der Waals surface area contributed by atoms with Gasteiger partial charge in [-0.2, -0.15) is 0 Å². The van der Waals surface area contributed by atoms with Crippen LogP contribution in [0.25, 0.3) is 55.3 Å². The van der Waals surface area contributed by atoms with Gasteiger partial charge < -0.3 is 24.1 Å². The summed E-state index contributed by atoms with van der Waals surface area (Å²) in [6.07, 6.45) is 0. The third-order valence-electron chi connectivity index (χ3n) is 7.83. The number of benzene rings is 6. The molecule has 0 heterocycles. The van der Waals surface area contributed by atoms with Gasteiger partial charge in [-0.3, -0.25) is 0 Å². The largest absolute Gasteiger partial charge is 0.507 e. The molecule has 0 bridgehead atoms. The molecular weight excluding hydrogens is 536 g/mol. The maximum absolute atomic E-state index is 11.6. The van der Waals surface area contributed by atoms with Crippen molar-refractivity contribution in [1.82, 2.24) is 0 Å². The van der Waals surface area contributed by atoms with Crippen LogP contribution < -0.4 is 18.9 Å². The molecule has 0 amide bonds. The van der Waals surface area contributed by atoms with Gasteiger partial charge in [0.2, 0.25) is 0 Å². The highest BCUT2D eigenvalue weighted by Crippen LogP contribution is 2.53. The highest BCUT2D eigenvalue weighted by atomic mass is 16.5. The lowest BCUT2D eigenvalue weighted by molar-refractivity contribution is 0.414. The van der Waals surface area contributed by atoms with Crippen LogP contribution >= 0.6 is 0 Å². The molecule has 0 unspecified atom stereocenters. The van der Waals surface area contributed by atoms with Gasteiger partial charge in [0.1, 0.15) is 28.7 Å². The van der Waals surface area contributed by atoms with Gasteiger partial charge in [-0.25, -0.2) is 0 Å². The summed E-state index contributed by atoms with van der Waals surface area (Å²) in [6, 6.07) is 37.9. The molecule has 0 fully saturated rings. The highest BCUT2D eigenvalue weighted by Gasteiger charge is 2.25. The van der Waals surface area contributed by atoms with Crippen molar-refractivity contribution in [2.75, 3.05) is 28.4 Å². The molecule has 43 heavy (non-hydrogen) atoms. The molecular formula is C38H32O5. The van der Waals surface area contributed by atoms with Gasteiger partial charge >= 0.3 is 0 Å². The minimum absolute atomic E-state index is 0.203. The molecule has 214 valence electrons. The maximum atomic E-state index is 11.6. The smallest absolute Gasteiger partial charge is 0.124 e. The lowest BCUT2D eigenvalue weighted by Crippen LogP contribution is -1.98. The molecule has 6 aromatic rings. The molecule has 6 rings (SSSR count). The number of rotatable bonds is 8. The second kappa shape index (κ2) is 11.8. The lowest BCUT2D eigenvalue weighted by Gasteiger charge is -2.25. The third-order valence-corrected chi connectivity index (χ3v) is 7.83. The first kappa shape index (κ1) is 27.7. The first-order valence-electron chi connectivity index (χ1n) is 14.0. The molecule has 0 aliphatic carbocycles. The Kier molecular flexibility index (Phi) is 7.63. The summed E-state index contributed by atoms with van der Waals surface area (Å²) in [5.41, 5.74) is 7.88. The predicted molar refractivity (Wildman–Crippen MR) is 174 cm³/mol. The normalized spacial score (nSPS) is 10.9. The Hall–Kier alpha value is -5.42. The van der Waals surface area contributed by atoms with Gasteiger partial charge in [-0.1, -0.05) is 60.7 Å². The van der Waals surface area contributed by atoms with Crippen LogP contribution in [-0.2, 0) is 0 Å². The maximum Gasteiger partial charge on any atom is 0.124 e. The summed E-state index contributed by atoms with van der Waals surface area (Å²) in [4.78, 5) is 0. The van der Waals surface area contributed by atoms with Crippen LogP contribution in [0.1, 0.15) is 0 Å². The van der Waals surface area contributed by atoms with Gasteiger partial charge in [0.05, 0.1) is 28.4 Å². The van der Waals surface area contributed by atoms with E-state index in [0.717, 1.165) is 78.3 Å². The van der Waals surface area contributed by atoms with Crippen molar-refractivity contribution in [3.05, 3.63) is 115 Å². The zero-order valence-corrected chi connectivity index (χ0v) is 24.5. The number of hydrogen-bond acceptors (Lipinski definition) is 5. The van der Waals surface area contributed by atoms with E-state index in [1.165, 1.54) is 0 Å². The van der Waals surface area contributed by atoms with Gasteiger partial charge in [-0.05, 0) is 98.9 Å². The van der Waals surface area contributed by atoms with E-state index >= 15 is 0 Å². The molecule has 0 saturated heterocycles. The molecule has 0 aliphatic rings. The molecule has 0 aromatic heterocycles. The first-order chi connectivity index (χ1) is 21.1. The average Bonchev–Trinajstić information content (AvgIpc) is 3.07. The predicted octanol–water partition coefficient (Wildman–Crippen LogP) is 9.25. The number of methoxy groups -OCH3 is 4. The van der Waals surface area contributed by atoms with Gasteiger partial charge in [0.15, 0.2) is 0 Å². The fraction of sp³-hybridized carbons (Fsp3) is 0.105. The summed E-state index contributed by atoms with van der Waals surface area (Å²) in [5.74, 6) is 3.27.